The van der Waals surface area contributed by atoms with Crippen LogP contribution in [0.25, 0.3) is 5.76 Å². The van der Waals surface area contributed by atoms with E-state index in [1.165, 1.54) is 30.5 Å². The number of hydrogen-bond acceptors (Lipinski definition) is 7. The van der Waals surface area contributed by atoms with Gasteiger partial charge in [-0.05, 0) is 54.6 Å². The molecule has 0 spiro atoms. The number of methoxy groups -OCH3 is 2. The zero-order valence-electron chi connectivity index (χ0n) is 20.7. The predicted molar refractivity (Wildman–Crippen MR) is 139 cm³/mol. The van der Waals surface area contributed by atoms with Crippen molar-refractivity contribution in [2.75, 3.05) is 20.8 Å². The van der Waals surface area contributed by atoms with Crippen molar-refractivity contribution in [1.29, 1.82) is 0 Å². The number of likely N-dealkylation sites (tertiary alicyclic amines) is 1. The van der Waals surface area contributed by atoms with Crippen LogP contribution in [0.4, 0.5) is 0 Å². The number of ketones is 1. The van der Waals surface area contributed by atoms with E-state index in [9.17, 15) is 14.7 Å². The summed E-state index contributed by atoms with van der Waals surface area (Å²) < 4.78 is 16.9. The summed E-state index contributed by atoms with van der Waals surface area (Å²) in [5, 5.41) is 13.3. The molecule has 1 unspecified atom stereocenters. The molecule has 0 aliphatic carbocycles. The molecule has 3 aromatic rings. The van der Waals surface area contributed by atoms with Crippen molar-refractivity contribution in [2.24, 2.45) is 0 Å². The maximum Gasteiger partial charge on any atom is 0.295 e. The molecule has 1 aliphatic heterocycles. The first kappa shape index (κ1) is 25.3. The second-order valence-corrected chi connectivity index (χ2v) is 9.45. The number of aliphatic hydroxyl groups is 1. The Morgan fingerprint density at radius 3 is 2.50 bits per heavy atom. The molecule has 0 radical (unpaired) electrons. The van der Waals surface area contributed by atoms with Gasteiger partial charge in [-0.25, -0.2) is 0 Å². The van der Waals surface area contributed by atoms with Crippen LogP contribution in [0.3, 0.4) is 0 Å². The van der Waals surface area contributed by atoms with Gasteiger partial charge in [0.2, 0.25) is 0 Å². The van der Waals surface area contributed by atoms with Crippen molar-refractivity contribution in [3.8, 4) is 17.2 Å². The van der Waals surface area contributed by atoms with Gasteiger partial charge in [-0.15, -0.1) is 11.3 Å². The number of aryl methyl sites for hydroxylation is 1. The zero-order chi connectivity index (χ0) is 25.8. The fraction of sp³-hybridized carbons (Fsp3) is 0.286. The van der Waals surface area contributed by atoms with Crippen LogP contribution in [0.1, 0.15) is 41.0 Å². The highest BCUT2D eigenvalue weighted by molar-refractivity contribution is 7.09. The first-order chi connectivity index (χ1) is 17.4. The third kappa shape index (κ3) is 4.68. The molecule has 188 valence electrons. The molecule has 1 aromatic heterocycles. The number of carbonyl (C=O) groups is 2. The Hall–Kier alpha value is -3.78. The number of ether oxygens (including phenoxy) is 3. The Labute approximate surface area is 214 Å². The normalized spacial score (nSPS) is 16.9. The topological polar surface area (TPSA) is 85.3 Å². The molecule has 0 saturated carbocycles. The fourth-order valence-corrected chi connectivity index (χ4v) is 5.09. The smallest absolute Gasteiger partial charge is 0.295 e. The summed E-state index contributed by atoms with van der Waals surface area (Å²) in [6, 6.07) is 13.4. The molecule has 2 heterocycles. The van der Waals surface area contributed by atoms with Crippen molar-refractivity contribution >= 4 is 28.8 Å². The van der Waals surface area contributed by atoms with E-state index in [1.807, 2.05) is 31.4 Å². The Morgan fingerprint density at radius 1 is 1.06 bits per heavy atom. The van der Waals surface area contributed by atoms with E-state index in [2.05, 4.69) is 0 Å². The van der Waals surface area contributed by atoms with E-state index in [0.717, 1.165) is 16.9 Å². The molecule has 8 heteroatoms. The zero-order valence-corrected chi connectivity index (χ0v) is 21.6. The summed E-state index contributed by atoms with van der Waals surface area (Å²) in [4.78, 5) is 29.1. The van der Waals surface area contributed by atoms with Gasteiger partial charge in [0, 0.05) is 16.0 Å². The molecule has 4 rings (SSSR count). The number of thiophene rings is 1. The van der Waals surface area contributed by atoms with Crippen LogP contribution in [-0.4, -0.2) is 42.5 Å². The summed E-state index contributed by atoms with van der Waals surface area (Å²) in [5.74, 6) is -0.111. The lowest BCUT2D eigenvalue weighted by Gasteiger charge is -2.27. The molecule has 1 N–H and O–H groups in total. The second kappa shape index (κ2) is 10.9. The number of Topliss-reactive ketones (excluding diaryl/α,β-unsaturated/α-hetero) is 1. The Kier molecular flexibility index (Phi) is 7.64. The van der Waals surface area contributed by atoms with E-state index in [1.54, 1.807) is 36.4 Å². The fourth-order valence-electron chi connectivity index (χ4n) is 4.39. The van der Waals surface area contributed by atoms with Gasteiger partial charge in [0.1, 0.15) is 11.5 Å². The molecule has 36 heavy (non-hydrogen) atoms. The number of para-hydroxylation sites is 1. The lowest BCUT2D eigenvalue weighted by atomic mass is 9.94. The van der Waals surface area contributed by atoms with Gasteiger partial charge in [0.25, 0.3) is 11.7 Å². The molecular formula is C28H29NO6S. The summed E-state index contributed by atoms with van der Waals surface area (Å²) in [5.41, 5.74) is 1.80. The van der Waals surface area contributed by atoms with Gasteiger partial charge in [0.15, 0.2) is 11.5 Å². The van der Waals surface area contributed by atoms with Gasteiger partial charge in [-0.2, -0.15) is 0 Å². The third-order valence-electron chi connectivity index (χ3n) is 6.08. The lowest BCUT2D eigenvalue weighted by Crippen LogP contribution is -2.29. The standard InChI is InChI=1S/C28H29NO6S/c1-5-13-35-21-12-11-18(15-17(21)2)25(30)23-24(20-9-6-10-22(33-3)27(20)34-4)29(28(32)26(23)31)16-19-8-7-14-36-19/h6-12,14-15,24,30H,5,13,16H2,1-4H3/b25-23+. The molecule has 1 aliphatic rings. The van der Waals surface area contributed by atoms with Gasteiger partial charge in [-0.3, -0.25) is 9.59 Å². The van der Waals surface area contributed by atoms with Gasteiger partial charge in [-0.1, -0.05) is 25.1 Å². The van der Waals surface area contributed by atoms with E-state index < -0.39 is 17.7 Å². The molecule has 2 aromatic carbocycles. The molecule has 7 nitrogen and oxygen atoms in total. The number of benzene rings is 2. The van der Waals surface area contributed by atoms with Crippen LogP contribution in [0.5, 0.6) is 17.2 Å². The van der Waals surface area contributed by atoms with E-state index >= 15 is 0 Å². The Morgan fingerprint density at radius 2 is 1.86 bits per heavy atom. The molecule has 1 saturated heterocycles. The minimum atomic E-state index is -0.867. The molecule has 1 fully saturated rings. The first-order valence-electron chi connectivity index (χ1n) is 11.7. The maximum atomic E-state index is 13.4. The maximum absolute atomic E-state index is 13.4. The minimum Gasteiger partial charge on any atom is -0.507 e. The molecule has 0 bridgehead atoms. The second-order valence-electron chi connectivity index (χ2n) is 8.42. The average molecular weight is 508 g/mol. The van der Waals surface area contributed by atoms with Crippen LogP contribution in [0.15, 0.2) is 59.5 Å². The first-order valence-corrected chi connectivity index (χ1v) is 12.5. The van der Waals surface area contributed by atoms with Crippen LogP contribution in [0, 0.1) is 6.92 Å². The quantitative estimate of drug-likeness (QED) is 0.234. The van der Waals surface area contributed by atoms with Gasteiger partial charge < -0.3 is 24.2 Å². The molecule has 1 amide bonds. The number of rotatable bonds is 9. The summed E-state index contributed by atoms with van der Waals surface area (Å²) >= 11 is 1.49. The lowest BCUT2D eigenvalue weighted by molar-refractivity contribution is -0.140. The monoisotopic (exact) mass is 507 g/mol. The highest BCUT2D eigenvalue weighted by Crippen LogP contribution is 2.46. The van der Waals surface area contributed by atoms with Gasteiger partial charge in [0.05, 0.1) is 39.0 Å². The minimum absolute atomic E-state index is 0.00438. The van der Waals surface area contributed by atoms with Gasteiger partial charge >= 0.3 is 0 Å². The van der Waals surface area contributed by atoms with Crippen molar-refractivity contribution < 1.29 is 28.9 Å². The van der Waals surface area contributed by atoms with Crippen LogP contribution in [0.2, 0.25) is 0 Å². The number of amides is 1. The van der Waals surface area contributed by atoms with Crippen molar-refractivity contribution in [3.05, 3.63) is 81.1 Å². The molecular weight excluding hydrogens is 478 g/mol. The van der Waals surface area contributed by atoms with Crippen LogP contribution >= 0.6 is 11.3 Å². The largest absolute Gasteiger partial charge is 0.507 e. The molecule has 1 atom stereocenters. The van der Waals surface area contributed by atoms with Crippen molar-refractivity contribution in [1.82, 2.24) is 4.90 Å². The van der Waals surface area contributed by atoms with E-state index in [4.69, 9.17) is 14.2 Å². The Bertz CT molecular complexity index is 1300. The summed E-state index contributed by atoms with van der Waals surface area (Å²) in [6.07, 6.45) is 0.872. The summed E-state index contributed by atoms with van der Waals surface area (Å²) in [6.45, 7) is 4.69. The van der Waals surface area contributed by atoms with E-state index in [0.29, 0.717) is 35.0 Å². The van der Waals surface area contributed by atoms with Crippen molar-refractivity contribution in [2.45, 2.75) is 32.9 Å². The van der Waals surface area contributed by atoms with Crippen LogP contribution < -0.4 is 14.2 Å². The predicted octanol–water partition coefficient (Wildman–Crippen LogP) is 5.48. The third-order valence-corrected chi connectivity index (χ3v) is 6.95. The number of carbonyl (C=O) groups excluding carboxylic acids is 2. The summed E-state index contributed by atoms with van der Waals surface area (Å²) in [7, 11) is 3.03. The number of aliphatic hydroxyl groups excluding tert-OH is 1. The van der Waals surface area contributed by atoms with E-state index in [-0.39, 0.29) is 17.9 Å². The van der Waals surface area contributed by atoms with Crippen LogP contribution in [-0.2, 0) is 16.1 Å². The van der Waals surface area contributed by atoms with Crippen molar-refractivity contribution in [3.63, 3.8) is 0 Å². The Balaban J connectivity index is 1.89. The number of nitrogens with zero attached hydrogens (tertiary/aromatic N) is 1. The SMILES string of the molecule is CCCOc1ccc(/C(O)=C2\C(=O)C(=O)N(Cc3cccs3)C2c2cccc(OC)c2OC)cc1C. The highest BCUT2D eigenvalue weighted by Gasteiger charge is 2.47. The number of hydrogen-bond donors (Lipinski definition) is 1. The average Bonchev–Trinajstić information content (AvgIpc) is 3.49. The highest BCUT2D eigenvalue weighted by atomic mass is 32.1.